The second kappa shape index (κ2) is 4.72. The quantitative estimate of drug-likeness (QED) is 0.789. The first-order chi connectivity index (χ1) is 8.50. The molecule has 0 unspecified atom stereocenters. The number of ether oxygens (including phenoxy) is 1. The predicted molar refractivity (Wildman–Crippen MR) is 67.3 cm³/mol. The highest BCUT2D eigenvalue weighted by Crippen LogP contribution is 2.41. The second-order valence-electron chi connectivity index (χ2n) is 4.60. The first-order valence-electron chi connectivity index (χ1n) is 5.88. The van der Waals surface area contributed by atoms with E-state index >= 15 is 0 Å². The number of aromatic hydroxyl groups is 2. The zero-order chi connectivity index (χ0) is 13.3. The Hall–Kier alpha value is -1.97. The molecule has 96 valence electrons. The summed E-state index contributed by atoms with van der Waals surface area (Å²) in [6.45, 7) is 4.20. The summed E-state index contributed by atoms with van der Waals surface area (Å²) in [5.41, 5.74) is 1.85. The van der Waals surface area contributed by atoms with Crippen molar-refractivity contribution in [3.63, 3.8) is 0 Å². The molecule has 0 fully saturated rings. The fraction of sp³-hybridized carbons (Fsp3) is 0.357. The lowest BCUT2D eigenvalue weighted by molar-refractivity contribution is 0.0928. The van der Waals surface area contributed by atoms with Gasteiger partial charge in [-0.2, -0.15) is 0 Å². The average molecular weight is 248 g/mol. The van der Waals surface area contributed by atoms with E-state index in [0.717, 1.165) is 5.57 Å². The Kier molecular flexibility index (Phi) is 3.28. The first-order valence-corrected chi connectivity index (χ1v) is 5.88. The Balaban J connectivity index is 2.55. The van der Waals surface area contributed by atoms with E-state index in [9.17, 15) is 15.0 Å². The van der Waals surface area contributed by atoms with Crippen LogP contribution >= 0.6 is 0 Å². The Morgan fingerprint density at radius 3 is 2.78 bits per heavy atom. The van der Waals surface area contributed by atoms with E-state index in [2.05, 4.69) is 0 Å². The van der Waals surface area contributed by atoms with Crippen LogP contribution in [0.5, 0.6) is 17.2 Å². The standard InChI is InChI=1S/C14H16O4/c1-8(2)3-4-9-11(16)7-12(17)13-10(15)5-6-18-14(9)13/h3,7,16-17H,4-6H2,1-2H3. The van der Waals surface area contributed by atoms with Gasteiger partial charge >= 0.3 is 0 Å². The van der Waals surface area contributed by atoms with Crippen molar-refractivity contribution in [2.24, 2.45) is 0 Å². The van der Waals surface area contributed by atoms with Crippen molar-refractivity contribution in [1.82, 2.24) is 0 Å². The fourth-order valence-corrected chi connectivity index (χ4v) is 1.98. The molecule has 2 N–H and O–H groups in total. The van der Waals surface area contributed by atoms with Crippen LogP contribution in [0.25, 0.3) is 0 Å². The highest BCUT2D eigenvalue weighted by molar-refractivity contribution is 6.03. The molecule has 0 aliphatic carbocycles. The lowest BCUT2D eigenvalue weighted by Gasteiger charge is -2.21. The predicted octanol–water partition coefficient (Wildman–Crippen LogP) is 2.57. The number of allylic oxidation sites excluding steroid dienone is 2. The molecule has 4 heteroatoms. The summed E-state index contributed by atoms with van der Waals surface area (Å²) in [5, 5.41) is 19.6. The number of phenols is 2. The van der Waals surface area contributed by atoms with Gasteiger partial charge in [0.15, 0.2) is 5.78 Å². The van der Waals surface area contributed by atoms with Gasteiger partial charge in [0.25, 0.3) is 0 Å². The number of hydrogen-bond acceptors (Lipinski definition) is 4. The summed E-state index contributed by atoms with van der Waals surface area (Å²) in [6.07, 6.45) is 2.67. The van der Waals surface area contributed by atoms with Gasteiger partial charge in [-0.05, 0) is 20.3 Å². The summed E-state index contributed by atoms with van der Waals surface area (Å²) in [6, 6.07) is 1.21. The topological polar surface area (TPSA) is 66.8 Å². The zero-order valence-corrected chi connectivity index (χ0v) is 10.5. The van der Waals surface area contributed by atoms with Crippen molar-refractivity contribution in [2.45, 2.75) is 26.7 Å². The molecule has 1 aliphatic rings. The molecule has 0 bridgehead atoms. The molecule has 0 saturated heterocycles. The maximum Gasteiger partial charge on any atom is 0.173 e. The van der Waals surface area contributed by atoms with Crippen LogP contribution in [0.3, 0.4) is 0 Å². The Morgan fingerprint density at radius 1 is 1.39 bits per heavy atom. The number of hydrogen-bond donors (Lipinski definition) is 2. The van der Waals surface area contributed by atoms with Crippen molar-refractivity contribution in [3.8, 4) is 17.2 Å². The van der Waals surface area contributed by atoms with Crippen LogP contribution in [0.15, 0.2) is 17.7 Å². The van der Waals surface area contributed by atoms with Gasteiger partial charge in [-0.1, -0.05) is 11.6 Å². The summed E-state index contributed by atoms with van der Waals surface area (Å²) in [4.78, 5) is 11.8. The molecule has 0 atom stereocenters. The van der Waals surface area contributed by atoms with Gasteiger partial charge in [0.2, 0.25) is 0 Å². The normalized spacial score (nSPS) is 13.8. The highest BCUT2D eigenvalue weighted by Gasteiger charge is 2.27. The number of rotatable bonds is 2. The molecular weight excluding hydrogens is 232 g/mol. The molecule has 1 aromatic rings. The van der Waals surface area contributed by atoms with Crippen LogP contribution < -0.4 is 4.74 Å². The molecule has 0 spiro atoms. The third-order valence-electron chi connectivity index (χ3n) is 2.91. The molecule has 1 aliphatic heterocycles. The number of phenolic OH excluding ortho intramolecular Hbond substituents is 2. The molecule has 1 aromatic carbocycles. The lowest BCUT2D eigenvalue weighted by atomic mass is 9.97. The molecule has 0 radical (unpaired) electrons. The Labute approximate surface area is 106 Å². The first kappa shape index (κ1) is 12.5. The minimum atomic E-state index is -0.215. The fourth-order valence-electron chi connectivity index (χ4n) is 1.98. The van der Waals surface area contributed by atoms with Gasteiger partial charge in [0, 0.05) is 18.1 Å². The molecule has 18 heavy (non-hydrogen) atoms. The van der Waals surface area contributed by atoms with Crippen LogP contribution in [0.4, 0.5) is 0 Å². The van der Waals surface area contributed by atoms with Crippen LogP contribution in [-0.2, 0) is 6.42 Å². The van der Waals surface area contributed by atoms with E-state index in [1.807, 2.05) is 19.9 Å². The zero-order valence-electron chi connectivity index (χ0n) is 10.5. The van der Waals surface area contributed by atoms with Gasteiger partial charge in [0.1, 0.15) is 22.8 Å². The number of fused-ring (bicyclic) bond motifs is 1. The van der Waals surface area contributed by atoms with Gasteiger partial charge in [-0.15, -0.1) is 0 Å². The number of ketones is 1. The number of carbonyl (C=O) groups is 1. The maximum absolute atomic E-state index is 11.8. The Bertz CT molecular complexity index is 525. The van der Waals surface area contributed by atoms with E-state index in [0.29, 0.717) is 17.7 Å². The van der Waals surface area contributed by atoms with Crippen molar-refractivity contribution < 1.29 is 19.7 Å². The molecule has 0 saturated carbocycles. The molecule has 2 rings (SSSR count). The van der Waals surface area contributed by atoms with Crippen LogP contribution in [-0.4, -0.2) is 22.6 Å². The third-order valence-corrected chi connectivity index (χ3v) is 2.91. The minimum Gasteiger partial charge on any atom is -0.507 e. The van der Waals surface area contributed by atoms with E-state index < -0.39 is 0 Å². The van der Waals surface area contributed by atoms with E-state index in [1.165, 1.54) is 6.07 Å². The summed E-state index contributed by atoms with van der Waals surface area (Å²) in [7, 11) is 0. The average Bonchev–Trinajstić information content (AvgIpc) is 2.27. The Morgan fingerprint density at radius 2 is 2.11 bits per heavy atom. The maximum atomic E-state index is 11.8. The van der Waals surface area contributed by atoms with Gasteiger partial charge in [-0.3, -0.25) is 4.79 Å². The van der Waals surface area contributed by atoms with Crippen molar-refractivity contribution >= 4 is 5.78 Å². The smallest absolute Gasteiger partial charge is 0.173 e. The van der Waals surface area contributed by atoms with Crippen LogP contribution in [0, 0.1) is 0 Å². The molecule has 1 heterocycles. The van der Waals surface area contributed by atoms with Gasteiger partial charge in [-0.25, -0.2) is 0 Å². The van der Waals surface area contributed by atoms with Crippen LogP contribution in [0.2, 0.25) is 0 Å². The highest BCUT2D eigenvalue weighted by atomic mass is 16.5. The minimum absolute atomic E-state index is 0.0431. The third kappa shape index (κ3) is 2.18. The van der Waals surface area contributed by atoms with Crippen LogP contribution in [0.1, 0.15) is 36.2 Å². The number of Topliss-reactive ketones (excluding diaryl/α,β-unsaturated/α-hetero) is 1. The summed E-state index contributed by atoms with van der Waals surface area (Å²) < 4.78 is 5.45. The van der Waals surface area contributed by atoms with E-state index in [4.69, 9.17) is 4.74 Å². The largest absolute Gasteiger partial charge is 0.507 e. The van der Waals surface area contributed by atoms with E-state index in [-0.39, 0.29) is 35.9 Å². The molecule has 0 aromatic heterocycles. The summed E-state index contributed by atoms with van der Waals surface area (Å²) in [5.74, 6) is -0.0833. The summed E-state index contributed by atoms with van der Waals surface area (Å²) >= 11 is 0. The lowest BCUT2D eigenvalue weighted by Crippen LogP contribution is -2.17. The monoisotopic (exact) mass is 248 g/mol. The van der Waals surface area contributed by atoms with Crippen molar-refractivity contribution in [1.29, 1.82) is 0 Å². The van der Waals surface area contributed by atoms with E-state index in [1.54, 1.807) is 0 Å². The second-order valence-corrected chi connectivity index (χ2v) is 4.60. The number of carbonyl (C=O) groups excluding carboxylic acids is 1. The molecule has 4 nitrogen and oxygen atoms in total. The molecular formula is C14H16O4. The molecule has 0 amide bonds. The van der Waals surface area contributed by atoms with Gasteiger partial charge < -0.3 is 14.9 Å². The van der Waals surface area contributed by atoms with Gasteiger partial charge in [0.05, 0.1) is 6.61 Å². The number of benzene rings is 1. The SMILES string of the molecule is CC(C)=CCc1c(O)cc(O)c2c1OCCC2=O. The van der Waals surface area contributed by atoms with Crippen molar-refractivity contribution in [2.75, 3.05) is 6.61 Å². The van der Waals surface area contributed by atoms with Crippen molar-refractivity contribution in [3.05, 3.63) is 28.8 Å².